The fraction of sp³-hybridized carbons (Fsp3) is 0.533. The molecular weight excluding hydrogens is 315 g/mol. The van der Waals surface area contributed by atoms with Crippen molar-refractivity contribution in [2.24, 2.45) is 0 Å². The summed E-state index contributed by atoms with van der Waals surface area (Å²) in [6.45, 7) is 0.572. The Hall–Kier alpha value is -1.21. The number of hydrogen-bond acceptors (Lipinski definition) is 3. The van der Waals surface area contributed by atoms with E-state index in [1.54, 1.807) is 13.2 Å². The molecule has 1 aliphatic carbocycles. The van der Waals surface area contributed by atoms with Gasteiger partial charge in [0.25, 0.3) is 0 Å². The van der Waals surface area contributed by atoms with Crippen molar-refractivity contribution in [1.29, 1.82) is 0 Å². The molecule has 22 heavy (non-hydrogen) atoms. The van der Waals surface area contributed by atoms with Gasteiger partial charge in [0.05, 0.1) is 17.9 Å². The Morgan fingerprint density at radius 2 is 2.14 bits per heavy atom. The molecule has 7 heteroatoms. The largest absolute Gasteiger partial charge is 0.416 e. The van der Waals surface area contributed by atoms with Crippen LogP contribution < -0.4 is 5.32 Å². The summed E-state index contributed by atoms with van der Waals surface area (Å²) >= 11 is 1.44. The minimum atomic E-state index is -4.36. The second kappa shape index (κ2) is 7.37. The van der Waals surface area contributed by atoms with E-state index in [1.807, 2.05) is 0 Å². The zero-order chi connectivity index (χ0) is 16.2. The Morgan fingerprint density at radius 1 is 1.41 bits per heavy atom. The summed E-state index contributed by atoms with van der Waals surface area (Å²) in [4.78, 5) is 11.7. The molecule has 0 aromatic heterocycles. The molecule has 0 bridgehead atoms. The molecule has 1 fully saturated rings. The van der Waals surface area contributed by atoms with Crippen molar-refractivity contribution in [2.75, 3.05) is 25.2 Å². The molecular formula is C15H18F3NO2S. The molecule has 122 valence electrons. The van der Waals surface area contributed by atoms with Crippen LogP contribution in [0.4, 0.5) is 13.2 Å². The van der Waals surface area contributed by atoms with Crippen molar-refractivity contribution >= 4 is 17.7 Å². The molecule has 1 aromatic rings. The van der Waals surface area contributed by atoms with Crippen LogP contribution in [-0.4, -0.2) is 37.2 Å². The zero-order valence-corrected chi connectivity index (χ0v) is 13.0. The Balaban J connectivity index is 1.87. The summed E-state index contributed by atoms with van der Waals surface area (Å²) in [5.41, 5.74) is -0.335. The summed E-state index contributed by atoms with van der Waals surface area (Å²) in [7, 11) is 1.59. The third kappa shape index (κ3) is 4.64. The molecule has 0 heterocycles. The fourth-order valence-electron chi connectivity index (χ4n) is 2.33. The van der Waals surface area contributed by atoms with E-state index in [9.17, 15) is 18.0 Å². The second-order valence-electron chi connectivity index (χ2n) is 5.15. The number of thioether (sulfide) groups is 1. The summed E-state index contributed by atoms with van der Waals surface area (Å²) in [5.74, 6) is 0.631. The van der Waals surface area contributed by atoms with Gasteiger partial charge < -0.3 is 10.1 Å². The Labute approximate surface area is 131 Å². The highest BCUT2D eigenvalue weighted by molar-refractivity contribution is 7.99. The maximum Gasteiger partial charge on any atom is 0.416 e. The smallest absolute Gasteiger partial charge is 0.384 e. The lowest BCUT2D eigenvalue weighted by atomic mass is 10.0. The van der Waals surface area contributed by atoms with Gasteiger partial charge in [-0.05, 0) is 18.1 Å². The van der Waals surface area contributed by atoms with Gasteiger partial charge in [0.15, 0.2) is 0 Å². The first-order chi connectivity index (χ1) is 10.4. The number of hydrogen-bond donors (Lipinski definition) is 1. The Bertz CT molecular complexity index is 522. The van der Waals surface area contributed by atoms with Crippen molar-refractivity contribution in [3.05, 3.63) is 35.4 Å². The first-order valence-electron chi connectivity index (χ1n) is 6.95. The highest BCUT2D eigenvalue weighted by Gasteiger charge is 2.44. The molecule has 0 radical (unpaired) electrons. The summed E-state index contributed by atoms with van der Waals surface area (Å²) in [6.07, 6.45) is -3.80. The molecule has 1 aliphatic rings. The van der Waals surface area contributed by atoms with Crippen LogP contribution in [0, 0.1) is 0 Å². The van der Waals surface area contributed by atoms with Crippen LogP contribution >= 0.6 is 11.8 Å². The average molecular weight is 333 g/mol. The van der Waals surface area contributed by atoms with Gasteiger partial charge in [-0.25, -0.2) is 0 Å². The van der Waals surface area contributed by atoms with E-state index in [4.69, 9.17) is 4.74 Å². The lowest BCUT2D eigenvalue weighted by molar-refractivity contribution is -0.138. The van der Waals surface area contributed by atoms with Crippen molar-refractivity contribution in [2.45, 2.75) is 24.6 Å². The number of benzene rings is 1. The molecule has 1 N–H and O–H groups in total. The third-order valence-corrected chi connectivity index (χ3v) is 4.39. The molecule has 1 aromatic carbocycles. The van der Waals surface area contributed by atoms with E-state index in [-0.39, 0.29) is 23.4 Å². The highest BCUT2D eigenvalue weighted by Crippen LogP contribution is 2.46. The van der Waals surface area contributed by atoms with E-state index in [1.165, 1.54) is 23.9 Å². The van der Waals surface area contributed by atoms with Gasteiger partial charge in [0, 0.05) is 24.8 Å². The number of amides is 1. The topological polar surface area (TPSA) is 38.3 Å². The second-order valence-corrected chi connectivity index (χ2v) is 6.25. The fourth-order valence-corrected chi connectivity index (χ4v) is 3.03. The van der Waals surface area contributed by atoms with Crippen molar-refractivity contribution in [3.8, 4) is 0 Å². The van der Waals surface area contributed by atoms with Crippen LogP contribution in [0.15, 0.2) is 24.3 Å². The highest BCUT2D eigenvalue weighted by atomic mass is 32.2. The van der Waals surface area contributed by atoms with Crippen LogP contribution in [0.1, 0.15) is 23.5 Å². The van der Waals surface area contributed by atoms with Crippen LogP contribution in [0.5, 0.6) is 0 Å². The number of alkyl halides is 3. The first kappa shape index (κ1) is 17.1. The zero-order valence-electron chi connectivity index (χ0n) is 12.2. The quantitative estimate of drug-likeness (QED) is 0.780. The summed E-state index contributed by atoms with van der Waals surface area (Å²) in [6, 6.07) is 5.37. The molecule has 0 unspecified atom stereocenters. The lowest BCUT2D eigenvalue weighted by Gasteiger charge is -2.12. The SMILES string of the molecule is COCCSCC(=O)N[C@H]1C[C@H]1c1ccccc1C(F)(F)F. The van der Waals surface area contributed by atoms with Crippen LogP contribution in [-0.2, 0) is 15.7 Å². The Kier molecular flexibility index (Phi) is 5.74. The van der Waals surface area contributed by atoms with Gasteiger partial charge in [-0.15, -0.1) is 11.8 Å². The summed E-state index contributed by atoms with van der Waals surface area (Å²) < 4.78 is 43.8. The third-order valence-electron chi connectivity index (χ3n) is 3.47. The molecule has 1 amide bonds. The van der Waals surface area contributed by atoms with Crippen molar-refractivity contribution in [3.63, 3.8) is 0 Å². The lowest BCUT2D eigenvalue weighted by Crippen LogP contribution is -2.28. The van der Waals surface area contributed by atoms with Crippen LogP contribution in [0.2, 0.25) is 0 Å². The normalized spacial score (nSPS) is 20.7. The number of carbonyl (C=O) groups excluding carboxylic acids is 1. The monoisotopic (exact) mass is 333 g/mol. The molecule has 2 rings (SSSR count). The maximum absolute atomic E-state index is 13.0. The molecule has 0 saturated heterocycles. The molecule has 1 saturated carbocycles. The number of nitrogens with one attached hydrogen (secondary N) is 1. The van der Waals surface area contributed by atoms with Crippen molar-refractivity contribution < 1.29 is 22.7 Å². The van der Waals surface area contributed by atoms with E-state index in [2.05, 4.69) is 5.32 Å². The maximum atomic E-state index is 13.0. The molecule has 2 atom stereocenters. The van der Waals surface area contributed by atoms with Gasteiger partial charge in [0.1, 0.15) is 0 Å². The molecule has 3 nitrogen and oxygen atoms in total. The van der Waals surface area contributed by atoms with E-state index >= 15 is 0 Å². The minimum Gasteiger partial charge on any atom is -0.384 e. The van der Waals surface area contributed by atoms with Gasteiger partial charge in [-0.3, -0.25) is 4.79 Å². The van der Waals surface area contributed by atoms with E-state index < -0.39 is 11.7 Å². The first-order valence-corrected chi connectivity index (χ1v) is 8.11. The number of carbonyl (C=O) groups is 1. The predicted molar refractivity (Wildman–Crippen MR) is 79.9 cm³/mol. The van der Waals surface area contributed by atoms with Crippen LogP contribution in [0.25, 0.3) is 0 Å². The van der Waals surface area contributed by atoms with Gasteiger partial charge >= 0.3 is 6.18 Å². The predicted octanol–water partition coefficient (Wildman–Crippen LogP) is 3.06. The molecule has 0 aliphatic heterocycles. The summed E-state index contributed by atoms with van der Waals surface area (Å²) in [5, 5.41) is 2.79. The number of halogens is 3. The van der Waals surface area contributed by atoms with Gasteiger partial charge in [-0.1, -0.05) is 18.2 Å². The number of methoxy groups -OCH3 is 1. The molecule has 0 spiro atoms. The van der Waals surface area contributed by atoms with Gasteiger partial charge in [-0.2, -0.15) is 13.2 Å². The minimum absolute atomic E-state index is 0.141. The average Bonchev–Trinajstić information content (AvgIpc) is 3.22. The number of ether oxygens (including phenoxy) is 1. The van der Waals surface area contributed by atoms with E-state index in [0.717, 1.165) is 11.8 Å². The Morgan fingerprint density at radius 3 is 2.82 bits per heavy atom. The van der Waals surface area contributed by atoms with Crippen molar-refractivity contribution in [1.82, 2.24) is 5.32 Å². The van der Waals surface area contributed by atoms with E-state index in [0.29, 0.717) is 18.8 Å². The standard InChI is InChI=1S/C15H18F3NO2S/c1-21-6-7-22-9-14(20)19-13-8-11(13)10-4-2-3-5-12(10)15(16,17)18/h2-5,11,13H,6-9H2,1H3,(H,19,20)/t11-,13-/m0/s1. The van der Waals surface area contributed by atoms with Gasteiger partial charge in [0.2, 0.25) is 5.91 Å². The van der Waals surface area contributed by atoms with Crippen LogP contribution in [0.3, 0.4) is 0 Å². The number of rotatable bonds is 7.